The van der Waals surface area contributed by atoms with E-state index in [0.717, 1.165) is 76.2 Å². The van der Waals surface area contributed by atoms with E-state index < -0.39 is 0 Å². The number of morpholine rings is 1. The molecule has 7 heteroatoms. The summed E-state index contributed by atoms with van der Waals surface area (Å²) in [7, 11) is 1.72. The summed E-state index contributed by atoms with van der Waals surface area (Å²) in [5.41, 5.74) is 4.95. The highest BCUT2D eigenvalue weighted by Crippen LogP contribution is 2.28. The van der Waals surface area contributed by atoms with Crippen molar-refractivity contribution in [3.63, 3.8) is 0 Å². The molecule has 0 spiro atoms. The van der Waals surface area contributed by atoms with Crippen LogP contribution >= 0.6 is 0 Å². The minimum absolute atomic E-state index is 0.528. The van der Waals surface area contributed by atoms with Crippen molar-refractivity contribution in [1.82, 2.24) is 4.90 Å². The maximum atomic E-state index is 6.10. The fraction of sp³-hybridized carbons (Fsp3) is 0.455. The highest BCUT2D eigenvalue weighted by atomic mass is 16.5. The standard InChI is InChI=1S/C33H43N3O4/c1-37-32-11-5-8-29(24-32)27-36(26-28-7-4-9-30(23-28)35-13-2-3-14-35)31-10-6-12-33(25-31)40-22-21-39-20-17-34-15-18-38-19-16-34/h4-12,23-25H,2-3,13-22,26-27H2,1H3. The molecule has 0 unspecified atom stereocenters. The Kier molecular flexibility index (Phi) is 10.6. The fourth-order valence-corrected chi connectivity index (χ4v) is 5.39. The van der Waals surface area contributed by atoms with Gasteiger partial charge >= 0.3 is 0 Å². The molecule has 2 saturated heterocycles. The van der Waals surface area contributed by atoms with Crippen LogP contribution < -0.4 is 19.3 Å². The lowest BCUT2D eigenvalue weighted by Crippen LogP contribution is -2.38. The van der Waals surface area contributed by atoms with Gasteiger partial charge in [-0.2, -0.15) is 0 Å². The monoisotopic (exact) mass is 545 g/mol. The van der Waals surface area contributed by atoms with E-state index in [1.165, 1.54) is 29.7 Å². The average Bonchev–Trinajstić information content (AvgIpc) is 3.55. The minimum atomic E-state index is 0.528. The van der Waals surface area contributed by atoms with E-state index in [9.17, 15) is 0 Å². The molecule has 0 atom stereocenters. The Morgan fingerprint density at radius 1 is 0.750 bits per heavy atom. The van der Waals surface area contributed by atoms with Gasteiger partial charge in [0.15, 0.2) is 0 Å². The molecule has 214 valence electrons. The van der Waals surface area contributed by atoms with Crippen molar-refractivity contribution in [2.45, 2.75) is 25.9 Å². The van der Waals surface area contributed by atoms with Gasteiger partial charge in [-0.25, -0.2) is 0 Å². The Morgan fingerprint density at radius 3 is 2.27 bits per heavy atom. The summed E-state index contributed by atoms with van der Waals surface area (Å²) < 4.78 is 22.8. The first-order valence-electron chi connectivity index (χ1n) is 14.6. The molecule has 2 aliphatic rings. The van der Waals surface area contributed by atoms with Crippen LogP contribution in [-0.2, 0) is 22.6 Å². The summed E-state index contributed by atoms with van der Waals surface area (Å²) in [4.78, 5) is 7.28. The third-order valence-electron chi connectivity index (χ3n) is 7.60. The van der Waals surface area contributed by atoms with Gasteiger partial charge in [0.2, 0.25) is 0 Å². The Hall–Kier alpha value is -3.26. The lowest BCUT2D eigenvalue weighted by atomic mass is 10.1. The number of benzene rings is 3. The number of methoxy groups -OCH3 is 1. The van der Waals surface area contributed by atoms with Crippen LogP contribution in [0.3, 0.4) is 0 Å². The van der Waals surface area contributed by atoms with Gasteiger partial charge in [0.05, 0.1) is 33.5 Å². The van der Waals surface area contributed by atoms with Gasteiger partial charge in [0.25, 0.3) is 0 Å². The lowest BCUT2D eigenvalue weighted by molar-refractivity contribution is 0.0170. The first-order valence-corrected chi connectivity index (χ1v) is 14.6. The number of ether oxygens (including phenoxy) is 4. The first-order chi connectivity index (χ1) is 19.8. The second-order valence-corrected chi connectivity index (χ2v) is 10.5. The molecule has 0 N–H and O–H groups in total. The first kappa shape index (κ1) is 28.3. The predicted molar refractivity (Wildman–Crippen MR) is 161 cm³/mol. The van der Waals surface area contributed by atoms with Gasteiger partial charge < -0.3 is 28.7 Å². The van der Waals surface area contributed by atoms with Crippen molar-refractivity contribution in [2.75, 3.05) is 82.7 Å². The van der Waals surface area contributed by atoms with Crippen molar-refractivity contribution < 1.29 is 18.9 Å². The maximum absolute atomic E-state index is 6.10. The minimum Gasteiger partial charge on any atom is -0.497 e. The molecule has 0 radical (unpaired) electrons. The molecule has 40 heavy (non-hydrogen) atoms. The SMILES string of the molecule is COc1cccc(CN(Cc2cccc(N3CCCC3)c2)c2cccc(OCCOCCN3CCOCC3)c2)c1. The quantitative estimate of drug-likeness (QED) is 0.257. The number of hydrogen-bond donors (Lipinski definition) is 0. The molecular formula is C33H43N3O4. The van der Waals surface area contributed by atoms with E-state index >= 15 is 0 Å². The van der Waals surface area contributed by atoms with E-state index in [4.69, 9.17) is 18.9 Å². The predicted octanol–water partition coefficient (Wildman–Crippen LogP) is 5.23. The molecular weight excluding hydrogens is 502 g/mol. The van der Waals surface area contributed by atoms with Crippen LogP contribution in [0, 0.1) is 0 Å². The molecule has 0 bridgehead atoms. The smallest absolute Gasteiger partial charge is 0.121 e. The molecule has 7 nitrogen and oxygen atoms in total. The van der Waals surface area contributed by atoms with E-state index in [0.29, 0.717) is 19.8 Å². The van der Waals surface area contributed by atoms with Crippen molar-refractivity contribution in [3.05, 3.63) is 83.9 Å². The molecule has 2 fully saturated rings. The Balaban J connectivity index is 1.23. The number of nitrogens with zero attached hydrogens (tertiary/aromatic N) is 3. The summed E-state index contributed by atoms with van der Waals surface area (Å²) in [5, 5.41) is 0. The summed E-state index contributed by atoms with van der Waals surface area (Å²) in [6.45, 7) is 10.2. The molecule has 0 saturated carbocycles. The van der Waals surface area contributed by atoms with E-state index in [1.54, 1.807) is 7.11 Å². The van der Waals surface area contributed by atoms with Crippen molar-refractivity contribution in [1.29, 1.82) is 0 Å². The largest absolute Gasteiger partial charge is 0.497 e. The molecule has 2 heterocycles. The Bertz CT molecular complexity index is 1180. The Morgan fingerprint density at radius 2 is 1.48 bits per heavy atom. The number of hydrogen-bond acceptors (Lipinski definition) is 7. The molecule has 0 amide bonds. The van der Waals surface area contributed by atoms with Crippen molar-refractivity contribution in [3.8, 4) is 11.5 Å². The Labute approximate surface area is 239 Å². The third-order valence-corrected chi connectivity index (χ3v) is 7.60. The second-order valence-electron chi connectivity index (χ2n) is 10.5. The van der Waals surface area contributed by atoms with E-state index in [1.807, 2.05) is 12.1 Å². The number of rotatable bonds is 14. The van der Waals surface area contributed by atoms with Gasteiger partial charge in [-0.3, -0.25) is 4.90 Å². The highest BCUT2D eigenvalue weighted by molar-refractivity contribution is 5.54. The van der Waals surface area contributed by atoms with Crippen LogP contribution in [-0.4, -0.2) is 77.8 Å². The van der Waals surface area contributed by atoms with Gasteiger partial charge in [-0.15, -0.1) is 0 Å². The topological polar surface area (TPSA) is 46.6 Å². The zero-order valence-electron chi connectivity index (χ0n) is 23.8. The molecule has 0 aliphatic carbocycles. The van der Waals surface area contributed by atoms with Crippen molar-refractivity contribution in [2.24, 2.45) is 0 Å². The van der Waals surface area contributed by atoms with Gasteiger partial charge in [-0.05, 0) is 60.4 Å². The zero-order chi connectivity index (χ0) is 27.4. The highest BCUT2D eigenvalue weighted by Gasteiger charge is 2.15. The molecule has 3 aromatic rings. The zero-order valence-corrected chi connectivity index (χ0v) is 23.8. The molecule has 5 rings (SSSR count). The normalized spacial score (nSPS) is 15.8. The molecule has 0 aromatic heterocycles. The fourth-order valence-electron chi connectivity index (χ4n) is 5.39. The summed E-state index contributed by atoms with van der Waals surface area (Å²) in [6.07, 6.45) is 2.55. The van der Waals surface area contributed by atoms with Gasteiger partial charge in [-0.1, -0.05) is 30.3 Å². The second kappa shape index (κ2) is 14.9. The van der Waals surface area contributed by atoms with Crippen LogP contribution in [0.1, 0.15) is 24.0 Å². The van der Waals surface area contributed by atoms with Crippen LogP contribution in [0.25, 0.3) is 0 Å². The third kappa shape index (κ3) is 8.37. The molecule has 3 aromatic carbocycles. The van der Waals surface area contributed by atoms with Crippen LogP contribution in [0.15, 0.2) is 72.8 Å². The average molecular weight is 546 g/mol. The summed E-state index contributed by atoms with van der Waals surface area (Å²) in [6, 6.07) is 25.7. The van der Waals surface area contributed by atoms with Crippen LogP contribution in [0.4, 0.5) is 11.4 Å². The number of anilines is 2. The summed E-state index contributed by atoms with van der Waals surface area (Å²) >= 11 is 0. The molecule has 2 aliphatic heterocycles. The van der Waals surface area contributed by atoms with Crippen molar-refractivity contribution >= 4 is 11.4 Å². The van der Waals surface area contributed by atoms with Gasteiger partial charge in [0.1, 0.15) is 18.1 Å². The van der Waals surface area contributed by atoms with Crippen LogP contribution in [0.5, 0.6) is 11.5 Å². The lowest BCUT2D eigenvalue weighted by Gasteiger charge is -2.27. The van der Waals surface area contributed by atoms with E-state index in [2.05, 4.69) is 75.4 Å². The summed E-state index contributed by atoms with van der Waals surface area (Å²) in [5.74, 6) is 1.73. The maximum Gasteiger partial charge on any atom is 0.121 e. The van der Waals surface area contributed by atoms with E-state index in [-0.39, 0.29) is 0 Å². The van der Waals surface area contributed by atoms with Crippen LogP contribution in [0.2, 0.25) is 0 Å². The van der Waals surface area contributed by atoms with Gasteiger partial charge in [0, 0.05) is 63.3 Å².